The van der Waals surface area contributed by atoms with E-state index in [1.165, 1.54) is 0 Å². The average Bonchev–Trinajstić information content (AvgIpc) is 2.72. The first-order valence-electron chi connectivity index (χ1n) is 9.36. The fourth-order valence-corrected chi connectivity index (χ4v) is 3.67. The molecule has 0 radical (unpaired) electrons. The van der Waals surface area contributed by atoms with Gasteiger partial charge in [0.1, 0.15) is 12.4 Å². The number of carbonyl (C=O) groups is 1. The van der Waals surface area contributed by atoms with E-state index in [2.05, 4.69) is 24.3 Å². The molecule has 0 aromatic heterocycles. The second kappa shape index (κ2) is 7.67. The van der Waals surface area contributed by atoms with Crippen LogP contribution in [0.2, 0.25) is 0 Å². The summed E-state index contributed by atoms with van der Waals surface area (Å²) in [5, 5.41) is 0. The fraction of sp³-hybridized carbons (Fsp3) is 0.208. The van der Waals surface area contributed by atoms with Gasteiger partial charge in [-0.25, -0.2) is 0 Å². The van der Waals surface area contributed by atoms with Gasteiger partial charge in [0.25, 0.3) is 0 Å². The molecule has 4 rings (SSSR count). The zero-order chi connectivity index (χ0) is 18.6. The number of fused-ring (bicyclic) bond motifs is 1. The summed E-state index contributed by atoms with van der Waals surface area (Å²) < 4.78 is 5.74. The summed E-state index contributed by atoms with van der Waals surface area (Å²) in [4.78, 5) is 15.2. The number of anilines is 1. The number of rotatable bonds is 4. The summed E-state index contributed by atoms with van der Waals surface area (Å²) in [7, 11) is 0. The molecule has 3 heteroatoms. The zero-order valence-electron chi connectivity index (χ0n) is 15.5. The number of ether oxygens (including phenoxy) is 1. The van der Waals surface area contributed by atoms with Crippen molar-refractivity contribution in [3.05, 3.63) is 95.6 Å². The lowest BCUT2D eigenvalue weighted by Crippen LogP contribution is -2.38. The first-order valence-corrected chi connectivity index (χ1v) is 9.36. The lowest BCUT2D eigenvalue weighted by molar-refractivity contribution is -0.119. The van der Waals surface area contributed by atoms with Crippen LogP contribution in [0.1, 0.15) is 29.0 Å². The molecule has 27 heavy (non-hydrogen) atoms. The third kappa shape index (κ3) is 3.72. The minimum Gasteiger partial charge on any atom is -0.490 e. The molecular formula is C24H23NO2. The minimum atomic E-state index is 0.0380. The molecule has 0 fully saturated rings. The van der Waals surface area contributed by atoms with Crippen LogP contribution in [0.25, 0.3) is 0 Å². The summed E-state index contributed by atoms with van der Waals surface area (Å²) in [6, 6.07) is 26.5. The van der Waals surface area contributed by atoms with Crippen molar-refractivity contribution in [1.29, 1.82) is 0 Å². The molecule has 1 amide bonds. The molecule has 3 aromatic rings. The Morgan fingerprint density at radius 2 is 1.59 bits per heavy atom. The Kier molecular flexibility index (Phi) is 4.93. The van der Waals surface area contributed by atoms with Gasteiger partial charge >= 0.3 is 0 Å². The molecular weight excluding hydrogens is 334 g/mol. The molecule has 0 atom stereocenters. The molecule has 3 aromatic carbocycles. The average molecular weight is 357 g/mol. The smallest absolute Gasteiger partial charge is 0.228 e. The molecule has 0 saturated heterocycles. The van der Waals surface area contributed by atoms with Crippen LogP contribution < -0.4 is 9.64 Å². The Balaban J connectivity index is 1.65. The number of hydrogen-bond acceptors (Lipinski definition) is 2. The van der Waals surface area contributed by atoms with Crippen LogP contribution in [0.3, 0.4) is 0 Å². The van der Waals surface area contributed by atoms with Crippen molar-refractivity contribution in [3.63, 3.8) is 0 Å². The van der Waals surface area contributed by atoms with E-state index in [1.54, 1.807) is 0 Å². The number of aryl methyl sites for hydroxylation is 1. The van der Waals surface area contributed by atoms with Crippen LogP contribution in [-0.4, -0.2) is 19.1 Å². The highest BCUT2D eigenvalue weighted by atomic mass is 16.5. The normalized spacial score (nSPS) is 13.2. The van der Waals surface area contributed by atoms with Crippen LogP contribution in [0, 0.1) is 6.92 Å². The summed E-state index contributed by atoms with van der Waals surface area (Å²) in [5.41, 5.74) is 4.33. The minimum absolute atomic E-state index is 0.0380. The number of amides is 1. The molecule has 0 spiro atoms. The highest BCUT2D eigenvalue weighted by molar-refractivity contribution is 5.96. The maximum Gasteiger partial charge on any atom is 0.228 e. The van der Waals surface area contributed by atoms with E-state index in [0.29, 0.717) is 19.6 Å². The maximum absolute atomic E-state index is 13.3. The molecule has 0 aliphatic carbocycles. The van der Waals surface area contributed by atoms with Gasteiger partial charge in [0.05, 0.1) is 12.2 Å². The van der Waals surface area contributed by atoms with Crippen molar-refractivity contribution >= 4 is 11.6 Å². The molecule has 0 bridgehead atoms. The van der Waals surface area contributed by atoms with E-state index in [4.69, 9.17) is 4.74 Å². The second-order valence-electron chi connectivity index (χ2n) is 6.94. The SMILES string of the molecule is Cc1ccc2c(c1)N(C(=O)CC(c1ccccc1)c1ccccc1)CCO2. The molecule has 1 aliphatic rings. The predicted molar refractivity (Wildman–Crippen MR) is 108 cm³/mol. The van der Waals surface area contributed by atoms with Crippen LogP contribution in [0.5, 0.6) is 5.75 Å². The lowest BCUT2D eigenvalue weighted by atomic mass is 9.88. The van der Waals surface area contributed by atoms with Gasteiger partial charge in [0, 0.05) is 12.3 Å². The van der Waals surface area contributed by atoms with Crippen molar-refractivity contribution in [2.45, 2.75) is 19.3 Å². The van der Waals surface area contributed by atoms with Gasteiger partial charge in [-0.2, -0.15) is 0 Å². The van der Waals surface area contributed by atoms with E-state index in [9.17, 15) is 4.79 Å². The number of carbonyl (C=O) groups excluding carboxylic acids is 1. The zero-order valence-corrected chi connectivity index (χ0v) is 15.5. The first-order chi connectivity index (χ1) is 13.2. The Bertz CT molecular complexity index is 882. The standard InChI is InChI=1S/C24H23NO2/c1-18-12-13-23-22(16-18)25(14-15-27-23)24(26)17-21(19-8-4-2-5-9-19)20-10-6-3-7-11-20/h2-13,16,21H,14-15,17H2,1H3. The molecule has 1 aliphatic heterocycles. The van der Waals surface area contributed by atoms with Gasteiger partial charge in [-0.1, -0.05) is 66.7 Å². The Hall–Kier alpha value is -3.07. The molecule has 0 saturated carbocycles. The van der Waals surface area contributed by atoms with Gasteiger partial charge in [-0.3, -0.25) is 4.79 Å². The van der Waals surface area contributed by atoms with E-state index < -0.39 is 0 Å². The van der Waals surface area contributed by atoms with Crippen molar-refractivity contribution in [1.82, 2.24) is 0 Å². The first kappa shape index (κ1) is 17.3. The summed E-state index contributed by atoms with van der Waals surface area (Å²) in [6.07, 6.45) is 0.432. The second-order valence-corrected chi connectivity index (χ2v) is 6.94. The Morgan fingerprint density at radius 1 is 0.963 bits per heavy atom. The van der Waals surface area contributed by atoms with E-state index in [1.807, 2.05) is 66.4 Å². The fourth-order valence-electron chi connectivity index (χ4n) is 3.67. The number of nitrogens with zero attached hydrogens (tertiary/aromatic N) is 1. The van der Waals surface area contributed by atoms with Gasteiger partial charge in [-0.15, -0.1) is 0 Å². The number of benzene rings is 3. The van der Waals surface area contributed by atoms with E-state index in [-0.39, 0.29) is 11.8 Å². The van der Waals surface area contributed by atoms with Crippen molar-refractivity contribution in [2.24, 2.45) is 0 Å². The van der Waals surface area contributed by atoms with Crippen molar-refractivity contribution in [2.75, 3.05) is 18.1 Å². The van der Waals surface area contributed by atoms with Gasteiger partial charge in [0.15, 0.2) is 0 Å². The van der Waals surface area contributed by atoms with Crippen LogP contribution in [0.4, 0.5) is 5.69 Å². The molecule has 3 nitrogen and oxygen atoms in total. The van der Waals surface area contributed by atoms with Gasteiger partial charge in [0.2, 0.25) is 5.91 Å². The number of hydrogen-bond donors (Lipinski definition) is 0. The van der Waals surface area contributed by atoms with E-state index >= 15 is 0 Å². The molecule has 0 unspecified atom stereocenters. The largest absolute Gasteiger partial charge is 0.490 e. The summed E-state index contributed by atoms with van der Waals surface area (Å²) in [6.45, 7) is 3.16. The quantitative estimate of drug-likeness (QED) is 0.662. The monoisotopic (exact) mass is 357 g/mol. The van der Waals surface area contributed by atoms with Crippen molar-refractivity contribution in [3.8, 4) is 5.75 Å². The van der Waals surface area contributed by atoms with Crippen LogP contribution in [-0.2, 0) is 4.79 Å². The Morgan fingerprint density at radius 3 is 2.22 bits per heavy atom. The highest BCUT2D eigenvalue weighted by Crippen LogP contribution is 2.35. The van der Waals surface area contributed by atoms with Crippen LogP contribution >= 0.6 is 0 Å². The summed E-state index contributed by atoms with van der Waals surface area (Å²) >= 11 is 0. The highest BCUT2D eigenvalue weighted by Gasteiger charge is 2.27. The molecule has 136 valence electrons. The Labute approximate surface area is 160 Å². The van der Waals surface area contributed by atoms with Crippen LogP contribution in [0.15, 0.2) is 78.9 Å². The van der Waals surface area contributed by atoms with Gasteiger partial charge in [-0.05, 0) is 35.7 Å². The maximum atomic E-state index is 13.3. The summed E-state index contributed by atoms with van der Waals surface area (Å²) in [5.74, 6) is 0.954. The topological polar surface area (TPSA) is 29.5 Å². The predicted octanol–water partition coefficient (Wildman–Crippen LogP) is 4.94. The van der Waals surface area contributed by atoms with E-state index in [0.717, 1.165) is 28.1 Å². The molecule has 1 heterocycles. The third-order valence-electron chi connectivity index (χ3n) is 5.06. The third-order valence-corrected chi connectivity index (χ3v) is 5.06. The lowest BCUT2D eigenvalue weighted by Gasteiger charge is -2.31. The van der Waals surface area contributed by atoms with Crippen molar-refractivity contribution < 1.29 is 9.53 Å². The van der Waals surface area contributed by atoms with Gasteiger partial charge < -0.3 is 9.64 Å². The molecule has 0 N–H and O–H groups in total.